The lowest BCUT2D eigenvalue weighted by atomic mass is 9.71. The van der Waals surface area contributed by atoms with Gasteiger partial charge in [-0.2, -0.15) is 0 Å². The fourth-order valence-corrected chi connectivity index (χ4v) is 8.60. The fourth-order valence-electron chi connectivity index (χ4n) is 8.60. The molecule has 1 aromatic heterocycles. The molecule has 3 aliphatic rings. The standard InChI is InChI=1S/C36H46N2O3/c1-3-27(14-8-7-13-24-11-5-4-6-12-24)34(39)36(2,22-29-23-37-32-16-10-9-15-30(29)32)38-35(40)41-33-21-26-17-25-18-28(19-26)31(33)20-25/h4-6,9-12,15-16,23,25-28,31,33,37H,3,7-8,13-14,17-22H2,1-2H3,(H,38,40). The maximum Gasteiger partial charge on any atom is 0.408 e. The summed E-state index contributed by atoms with van der Waals surface area (Å²) in [4.78, 5) is 31.2. The molecular weight excluding hydrogens is 508 g/mol. The maximum atomic E-state index is 14.3. The first-order valence-electron chi connectivity index (χ1n) is 16.0. The van der Waals surface area contributed by atoms with E-state index >= 15 is 0 Å². The number of unbranched alkanes of at least 4 members (excludes halogenated alkanes) is 1. The zero-order valence-corrected chi connectivity index (χ0v) is 24.7. The van der Waals surface area contributed by atoms with E-state index in [1.807, 2.05) is 37.4 Å². The van der Waals surface area contributed by atoms with Crippen LogP contribution in [0, 0.1) is 29.6 Å². The number of aryl methyl sites for hydroxylation is 1. The van der Waals surface area contributed by atoms with Crippen molar-refractivity contribution in [1.82, 2.24) is 10.3 Å². The summed E-state index contributed by atoms with van der Waals surface area (Å²) in [5.74, 6) is 2.73. The summed E-state index contributed by atoms with van der Waals surface area (Å²) in [6.45, 7) is 4.01. The largest absolute Gasteiger partial charge is 0.446 e. The summed E-state index contributed by atoms with van der Waals surface area (Å²) >= 11 is 0. The number of rotatable bonds is 12. The molecule has 7 atom stereocenters. The van der Waals surface area contributed by atoms with E-state index in [2.05, 4.69) is 47.6 Å². The quantitative estimate of drug-likeness (QED) is 0.223. The van der Waals surface area contributed by atoms with Crippen molar-refractivity contribution in [2.24, 2.45) is 29.6 Å². The number of hydrogen-bond donors (Lipinski definition) is 2. The molecule has 2 aromatic carbocycles. The Hall–Kier alpha value is -3.08. The Balaban J connectivity index is 1.16. The summed E-state index contributed by atoms with van der Waals surface area (Å²) in [5, 5.41) is 4.25. The van der Waals surface area contributed by atoms with E-state index in [4.69, 9.17) is 4.74 Å². The average molecular weight is 555 g/mol. The van der Waals surface area contributed by atoms with Crippen molar-refractivity contribution in [2.45, 2.75) is 96.1 Å². The molecule has 1 amide bonds. The summed E-state index contributed by atoms with van der Waals surface area (Å²) in [6.07, 6.45) is 12.7. The second kappa shape index (κ2) is 12.0. The van der Waals surface area contributed by atoms with Crippen LogP contribution in [-0.4, -0.2) is 28.5 Å². The number of ether oxygens (including phenoxy) is 1. The number of fused-ring (bicyclic) bond motifs is 3. The lowest BCUT2D eigenvalue weighted by molar-refractivity contribution is -0.129. The monoisotopic (exact) mass is 554 g/mol. The van der Waals surface area contributed by atoms with Gasteiger partial charge in [-0.15, -0.1) is 0 Å². The topological polar surface area (TPSA) is 71.2 Å². The number of aromatic amines is 1. The highest BCUT2D eigenvalue weighted by atomic mass is 16.6. The molecule has 3 fully saturated rings. The highest BCUT2D eigenvalue weighted by Gasteiger charge is 2.50. The van der Waals surface area contributed by atoms with E-state index in [1.54, 1.807) is 0 Å². The molecule has 6 rings (SSSR count). The normalized spacial score (nSPS) is 26.9. The van der Waals surface area contributed by atoms with Crippen molar-refractivity contribution >= 4 is 22.8 Å². The van der Waals surface area contributed by atoms with Crippen LogP contribution in [0.3, 0.4) is 0 Å². The van der Waals surface area contributed by atoms with Gasteiger partial charge in [0.15, 0.2) is 5.78 Å². The number of H-pyrrole nitrogens is 1. The number of aromatic nitrogens is 1. The minimum atomic E-state index is -1.05. The van der Waals surface area contributed by atoms with Crippen LogP contribution in [0.4, 0.5) is 4.79 Å². The predicted molar refractivity (Wildman–Crippen MR) is 164 cm³/mol. The molecule has 2 N–H and O–H groups in total. The van der Waals surface area contributed by atoms with E-state index in [0.717, 1.165) is 60.9 Å². The number of Topliss-reactive ketones (excluding diaryl/α,β-unsaturated/α-hetero) is 1. The van der Waals surface area contributed by atoms with Crippen molar-refractivity contribution in [3.8, 4) is 0 Å². The van der Waals surface area contributed by atoms with Gasteiger partial charge in [-0.05, 0) is 106 Å². The fraction of sp³-hybridized carbons (Fsp3) is 0.556. The lowest BCUT2D eigenvalue weighted by Gasteiger charge is -2.39. The van der Waals surface area contributed by atoms with Crippen LogP contribution in [0.2, 0.25) is 0 Å². The maximum absolute atomic E-state index is 14.3. The molecule has 0 spiro atoms. The van der Waals surface area contributed by atoms with Gasteiger partial charge in [0, 0.05) is 29.4 Å². The third-order valence-electron chi connectivity index (χ3n) is 10.6. The molecule has 0 radical (unpaired) electrons. The van der Waals surface area contributed by atoms with Crippen LogP contribution in [-0.2, 0) is 22.4 Å². The van der Waals surface area contributed by atoms with Crippen LogP contribution in [0.1, 0.15) is 82.8 Å². The number of hydrogen-bond acceptors (Lipinski definition) is 3. The third-order valence-corrected chi connectivity index (χ3v) is 10.6. The first-order chi connectivity index (χ1) is 19.9. The Morgan fingerprint density at radius 1 is 0.976 bits per heavy atom. The average Bonchev–Trinajstić information content (AvgIpc) is 3.47. The molecule has 218 valence electrons. The number of amides is 1. The third kappa shape index (κ3) is 6.10. The number of carbonyl (C=O) groups is 2. The highest BCUT2D eigenvalue weighted by Crippen LogP contribution is 2.55. The van der Waals surface area contributed by atoms with E-state index in [0.29, 0.717) is 24.2 Å². The lowest BCUT2D eigenvalue weighted by Crippen LogP contribution is -2.56. The van der Waals surface area contributed by atoms with Crippen LogP contribution in [0.15, 0.2) is 60.8 Å². The minimum absolute atomic E-state index is 0.0151. The van der Waals surface area contributed by atoms with Crippen molar-refractivity contribution in [3.63, 3.8) is 0 Å². The number of ketones is 1. The van der Waals surface area contributed by atoms with Gasteiger partial charge in [-0.3, -0.25) is 4.79 Å². The first-order valence-corrected chi connectivity index (χ1v) is 16.0. The van der Waals surface area contributed by atoms with Crippen molar-refractivity contribution in [1.29, 1.82) is 0 Å². The summed E-state index contributed by atoms with van der Waals surface area (Å²) in [7, 11) is 0. The zero-order chi connectivity index (χ0) is 28.4. The van der Waals surface area contributed by atoms with Crippen LogP contribution >= 0.6 is 0 Å². The number of para-hydroxylation sites is 1. The predicted octanol–water partition coefficient (Wildman–Crippen LogP) is 8.03. The Morgan fingerprint density at radius 2 is 1.73 bits per heavy atom. The molecule has 3 aliphatic carbocycles. The molecule has 3 saturated carbocycles. The first kappa shape index (κ1) is 28.1. The summed E-state index contributed by atoms with van der Waals surface area (Å²) in [5.41, 5.74) is 2.38. The number of carbonyl (C=O) groups excluding carboxylic acids is 2. The van der Waals surface area contributed by atoms with E-state index in [1.165, 1.54) is 31.2 Å². The molecular formula is C36H46N2O3. The second-order valence-corrected chi connectivity index (χ2v) is 13.5. The molecule has 5 heteroatoms. The molecule has 1 heterocycles. The van der Waals surface area contributed by atoms with E-state index in [9.17, 15) is 9.59 Å². The van der Waals surface area contributed by atoms with Crippen LogP contribution in [0.5, 0.6) is 0 Å². The molecule has 7 unspecified atom stereocenters. The van der Waals surface area contributed by atoms with Gasteiger partial charge in [-0.25, -0.2) is 4.79 Å². The minimum Gasteiger partial charge on any atom is -0.446 e. The van der Waals surface area contributed by atoms with Gasteiger partial charge in [0.2, 0.25) is 0 Å². The second-order valence-electron chi connectivity index (χ2n) is 13.5. The molecule has 0 saturated heterocycles. The van der Waals surface area contributed by atoms with Gasteiger partial charge in [-0.1, -0.05) is 61.9 Å². The van der Waals surface area contributed by atoms with Crippen molar-refractivity contribution in [2.75, 3.05) is 0 Å². The van der Waals surface area contributed by atoms with Crippen LogP contribution < -0.4 is 5.32 Å². The number of alkyl carbamates (subject to hydrolysis) is 1. The summed E-state index contributed by atoms with van der Waals surface area (Å²) in [6, 6.07) is 18.7. The number of benzene rings is 2. The van der Waals surface area contributed by atoms with E-state index < -0.39 is 11.6 Å². The smallest absolute Gasteiger partial charge is 0.408 e. The molecule has 5 nitrogen and oxygen atoms in total. The van der Waals surface area contributed by atoms with Crippen LogP contribution in [0.25, 0.3) is 10.9 Å². The SMILES string of the molecule is CCC(CCCCc1ccccc1)C(=O)C(C)(Cc1c[nH]c2ccccc12)NC(=O)OC1CC2CC3CC(C2)C1C3. The van der Waals surface area contributed by atoms with Gasteiger partial charge >= 0.3 is 6.09 Å². The number of nitrogens with one attached hydrogen (secondary N) is 2. The van der Waals surface area contributed by atoms with E-state index in [-0.39, 0.29) is 17.8 Å². The zero-order valence-electron chi connectivity index (χ0n) is 24.7. The molecule has 3 bridgehead atoms. The summed E-state index contributed by atoms with van der Waals surface area (Å²) < 4.78 is 6.21. The highest BCUT2D eigenvalue weighted by molar-refractivity contribution is 5.94. The van der Waals surface area contributed by atoms with Gasteiger partial charge in [0.05, 0.1) is 0 Å². The molecule has 3 aromatic rings. The van der Waals surface area contributed by atoms with Gasteiger partial charge < -0.3 is 15.0 Å². The van der Waals surface area contributed by atoms with Gasteiger partial charge in [0.25, 0.3) is 0 Å². The Kier molecular flexibility index (Phi) is 8.23. The van der Waals surface area contributed by atoms with Gasteiger partial charge in [0.1, 0.15) is 11.6 Å². The van der Waals surface area contributed by atoms with Crippen molar-refractivity contribution in [3.05, 3.63) is 71.9 Å². The van der Waals surface area contributed by atoms with Crippen molar-refractivity contribution < 1.29 is 14.3 Å². The Morgan fingerprint density at radius 3 is 2.54 bits per heavy atom. The Bertz CT molecular complexity index is 1350. The molecule has 0 aliphatic heterocycles. The molecule has 41 heavy (non-hydrogen) atoms. The Labute approximate surface area is 244 Å².